The Labute approximate surface area is 204 Å². The Morgan fingerprint density at radius 3 is 2.22 bits per heavy atom. The SMILES string of the molecule is CS(=O)(=O)c1ccc(S(=O)CC(=O)Nc2cccc(SC(F)(F)C(F)(F)C(F)(F)F)c2)c([N+](=O)[O-])c1. The van der Waals surface area contributed by atoms with Crippen molar-refractivity contribution in [1.29, 1.82) is 0 Å². The van der Waals surface area contributed by atoms with Crippen LogP contribution >= 0.6 is 11.8 Å². The van der Waals surface area contributed by atoms with Gasteiger partial charge >= 0.3 is 17.4 Å². The number of halogens is 7. The van der Waals surface area contributed by atoms with Crippen LogP contribution in [-0.2, 0) is 25.4 Å². The molecule has 1 N–H and O–H groups in total. The molecule has 0 fully saturated rings. The Bertz CT molecular complexity index is 1320. The number of nitro groups is 1. The second-order valence-electron chi connectivity index (χ2n) is 6.92. The van der Waals surface area contributed by atoms with Gasteiger partial charge in [-0.15, -0.1) is 0 Å². The number of carbonyl (C=O) groups is 1. The van der Waals surface area contributed by atoms with Crippen LogP contribution in [0.15, 0.2) is 57.2 Å². The topological polar surface area (TPSA) is 123 Å². The fourth-order valence-electron chi connectivity index (χ4n) is 2.47. The highest BCUT2D eigenvalue weighted by molar-refractivity contribution is 8.00. The summed E-state index contributed by atoms with van der Waals surface area (Å²) in [6.07, 6.45) is -5.75. The number of anilines is 1. The van der Waals surface area contributed by atoms with Gasteiger partial charge in [-0.1, -0.05) is 6.07 Å². The Hall–Kier alpha value is -2.73. The van der Waals surface area contributed by atoms with E-state index < -0.39 is 86.7 Å². The Kier molecular flexibility index (Phi) is 8.46. The lowest BCUT2D eigenvalue weighted by Crippen LogP contribution is -2.49. The number of amides is 1. The first-order chi connectivity index (χ1) is 16.3. The molecule has 2 aromatic carbocycles. The van der Waals surface area contributed by atoms with Gasteiger partial charge in [-0.3, -0.25) is 19.1 Å². The smallest absolute Gasteiger partial charge is 0.325 e. The van der Waals surface area contributed by atoms with Crippen molar-refractivity contribution in [3.8, 4) is 0 Å². The second kappa shape index (κ2) is 10.3. The fraction of sp³-hybridized carbons (Fsp3) is 0.278. The lowest BCUT2D eigenvalue weighted by molar-refractivity contribution is -0.388. The van der Waals surface area contributed by atoms with Gasteiger partial charge in [0.05, 0.1) is 20.6 Å². The van der Waals surface area contributed by atoms with E-state index in [2.05, 4.69) is 5.32 Å². The van der Waals surface area contributed by atoms with E-state index in [9.17, 15) is 58.3 Å². The van der Waals surface area contributed by atoms with Gasteiger partial charge in [-0.2, -0.15) is 30.7 Å². The molecular formula is C18H13F7N2O6S3. The lowest BCUT2D eigenvalue weighted by atomic mass is 10.3. The van der Waals surface area contributed by atoms with Crippen molar-refractivity contribution in [2.24, 2.45) is 0 Å². The van der Waals surface area contributed by atoms with E-state index in [1.807, 2.05) is 0 Å². The third-order valence-corrected chi connectivity index (χ3v) is 7.62. The van der Waals surface area contributed by atoms with Gasteiger partial charge < -0.3 is 5.32 Å². The first kappa shape index (κ1) is 29.5. The van der Waals surface area contributed by atoms with E-state index in [1.54, 1.807) is 0 Å². The minimum absolute atomic E-state index is 0.338. The molecule has 0 radical (unpaired) electrons. The van der Waals surface area contributed by atoms with E-state index in [0.29, 0.717) is 12.1 Å². The third kappa shape index (κ3) is 6.73. The Morgan fingerprint density at radius 1 is 1.08 bits per heavy atom. The minimum atomic E-state index is -6.53. The molecule has 0 aliphatic heterocycles. The molecule has 8 nitrogen and oxygen atoms in total. The summed E-state index contributed by atoms with van der Waals surface area (Å²) in [7, 11) is -6.24. The average molecular weight is 582 g/mol. The number of thioether (sulfide) groups is 1. The van der Waals surface area contributed by atoms with Crippen LogP contribution in [0.1, 0.15) is 0 Å². The molecule has 0 saturated heterocycles. The van der Waals surface area contributed by atoms with Crippen LogP contribution in [-0.4, -0.2) is 52.8 Å². The van der Waals surface area contributed by atoms with Crippen molar-refractivity contribution >= 4 is 49.7 Å². The number of rotatable bonds is 9. The number of hydrogen-bond acceptors (Lipinski definition) is 7. The molecule has 0 saturated carbocycles. The van der Waals surface area contributed by atoms with Crippen LogP contribution in [0.25, 0.3) is 0 Å². The van der Waals surface area contributed by atoms with Crippen molar-refractivity contribution < 1.29 is 53.1 Å². The molecular weight excluding hydrogens is 569 g/mol. The molecule has 2 rings (SSSR count). The summed E-state index contributed by atoms with van der Waals surface area (Å²) in [6, 6.07) is 5.93. The number of nitro benzene ring substituents is 1. The molecule has 0 aliphatic carbocycles. The van der Waals surface area contributed by atoms with Gasteiger partial charge in [-0.25, -0.2) is 8.42 Å². The number of nitrogens with zero attached hydrogens (tertiary/aromatic N) is 1. The molecule has 0 spiro atoms. The Morgan fingerprint density at radius 2 is 1.69 bits per heavy atom. The van der Waals surface area contributed by atoms with Crippen molar-refractivity contribution in [1.82, 2.24) is 0 Å². The molecule has 0 heterocycles. The van der Waals surface area contributed by atoms with Crippen molar-refractivity contribution in [3.05, 3.63) is 52.6 Å². The molecule has 1 atom stereocenters. The van der Waals surface area contributed by atoms with E-state index >= 15 is 0 Å². The number of carbonyl (C=O) groups excluding carboxylic acids is 1. The summed E-state index contributed by atoms with van der Waals surface area (Å²) in [5, 5.41) is 7.72. The number of nitrogens with one attached hydrogen (secondary N) is 1. The van der Waals surface area contributed by atoms with E-state index in [4.69, 9.17) is 0 Å². The van der Waals surface area contributed by atoms with Crippen LogP contribution in [0.3, 0.4) is 0 Å². The maximum absolute atomic E-state index is 13.6. The van der Waals surface area contributed by atoms with Crippen molar-refractivity contribution in [3.63, 3.8) is 0 Å². The molecule has 2 aromatic rings. The zero-order chi connectivity index (χ0) is 27.7. The summed E-state index contributed by atoms with van der Waals surface area (Å²) >= 11 is -1.10. The van der Waals surface area contributed by atoms with E-state index in [0.717, 1.165) is 36.6 Å². The highest BCUT2D eigenvalue weighted by Crippen LogP contribution is 2.53. The molecule has 1 amide bonds. The summed E-state index contributed by atoms with van der Waals surface area (Å²) < 4.78 is 126. The number of hydrogen-bond donors (Lipinski definition) is 1. The van der Waals surface area contributed by atoms with Gasteiger partial charge in [0, 0.05) is 22.9 Å². The van der Waals surface area contributed by atoms with Gasteiger partial charge in [0.15, 0.2) is 9.84 Å². The maximum Gasteiger partial charge on any atom is 0.460 e. The first-order valence-electron chi connectivity index (χ1n) is 9.04. The van der Waals surface area contributed by atoms with Gasteiger partial charge in [0.1, 0.15) is 10.6 Å². The van der Waals surface area contributed by atoms with Gasteiger partial charge in [-0.05, 0) is 42.1 Å². The maximum atomic E-state index is 13.6. The van der Waals surface area contributed by atoms with Gasteiger partial charge in [0.25, 0.3) is 5.69 Å². The predicted octanol–water partition coefficient (Wildman–Crippen LogP) is 4.63. The largest absolute Gasteiger partial charge is 0.460 e. The van der Waals surface area contributed by atoms with Crippen LogP contribution in [0.5, 0.6) is 0 Å². The average Bonchev–Trinajstić information content (AvgIpc) is 2.71. The lowest BCUT2D eigenvalue weighted by Gasteiger charge is -2.27. The van der Waals surface area contributed by atoms with Crippen LogP contribution in [0.2, 0.25) is 0 Å². The Balaban J connectivity index is 2.19. The zero-order valence-corrected chi connectivity index (χ0v) is 20.0. The van der Waals surface area contributed by atoms with Crippen LogP contribution < -0.4 is 5.32 Å². The summed E-state index contributed by atoms with van der Waals surface area (Å²) in [6.45, 7) is 0. The standard InChI is InChI=1S/C18H13F7N2O6S3/c1-36(32,33)12-5-6-14(13(8-12)27(29)30)35(31)9-15(28)26-10-3-2-4-11(7-10)34-18(24,25)16(19,20)17(21,22)23/h2-8H,9H2,1H3,(H,26,28). The molecule has 1 unspecified atom stereocenters. The summed E-state index contributed by atoms with van der Waals surface area (Å²) in [5.41, 5.74) is -1.19. The number of benzene rings is 2. The van der Waals surface area contributed by atoms with Crippen LogP contribution in [0, 0.1) is 10.1 Å². The summed E-state index contributed by atoms with van der Waals surface area (Å²) in [4.78, 5) is 20.7. The zero-order valence-electron chi connectivity index (χ0n) is 17.5. The first-order valence-corrected chi connectivity index (χ1v) is 13.1. The summed E-state index contributed by atoms with van der Waals surface area (Å²) in [5.74, 6) is -8.38. The molecule has 18 heteroatoms. The number of alkyl halides is 7. The third-order valence-electron chi connectivity index (χ3n) is 4.15. The van der Waals surface area contributed by atoms with Gasteiger partial charge in [0.2, 0.25) is 5.91 Å². The van der Waals surface area contributed by atoms with Crippen LogP contribution in [0.4, 0.5) is 42.1 Å². The monoisotopic (exact) mass is 582 g/mol. The minimum Gasteiger partial charge on any atom is -0.325 e. The molecule has 0 aliphatic rings. The second-order valence-corrected chi connectivity index (χ2v) is 11.5. The highest BCUT2D eigenvalue weighted by Gasteiger charge is 2.73. The predicted molar refractivity (Wildman–Crippen MR) is 114 cm³/mol. The number of sulfone groups is 1. The normalized spacial score (nSPS) is 13.8. The highest BCUT2D eigenvalue weighted by atomic mass is 32.2. The van der Waals surface area contributed by atoms with Crippen molar-refractivity contribution in [2.75, 3.05) is 17.3 Å². The quantitative estimate of drug-likeness (QED) is 0.198. The van der Waals surface area contributed by atoms with E-state index in [1.165, 1.54) is 0 Å². The van der Waals surface area contributed by atoms with Crippen molar-refractivity contribution in [2.45, 2.75) is 32.0 Å². The molecule has 198 valence electrons. The van der Waals surface area contributed by atoms with E-state index in [-0.39, 0.29) is 5.69 Å². The molecule has 0 aromatic heterocycles. The fourth-order valence-corrected chi connectivity index (χ4v) is 5.04. The molecule has 36 heavy (non-hydrogen) atoms. The molecule has 0 bridgehead atoms.